The van der Waals surface area contributed by atoms with Gasteiger partial charge in [0.2, 0.25) is 21.8 Å². The Hall–Kier alpha value is -4.61. The summed E-state index contributed by atoms with van der Waals surface area (Å²) in [6.45, 7) is 6.90. The van der Waals surface area contributed by atoms with Gasteiger partial charge in [-0.1, -0.05) is 50.3 Å². The zero-order valence-electron chi connectivity index (χ0n) is 29.2. The van der Waals surface area contributed by atoms with Gasteiger partial charge in [-0.2, -0.15) is 13.2 Å². The number of hydrogen-bond donors (Lipinski definition) is 3. The number of benzene rings is 1. The Kier molecular flexibility index (Phi) is 10.1. The van der Waals surface area contributed by atoms with Gasteiger partial charge in [-0.25, -0.2) is 18.0 Å². The van der Waals surface area contributed by atoms with E-state index in [1.54, 1.807) is 13.8 Å². The molecule has 0 spiro atoms. The van der Waals surface area contributed by atoms with Gasteiger partial charge in [0.15, 0.2) is 0 Å². The van der Waals surface area contributed by atoms with E-state index in [9.17, 15) is 45.6 Å². The Morgan fingerprint density at radius 3 is 2.55 bits per heavy atom. The van der Waals surface area contributed by atoms with Crippen molar-refractivity contribution in [2.75, 3.05) is 13.2 Å². The Morgan fingerprint density at radius 2 is 1.89 bits per heavy atom. The molecule has 288 valence electrons. The monoisotopic (exact) mass is 765 g/mol. The fourth-order valence-electron chi connectivity index (χ4n) is 6.98. The highest BCUT2D eigenvalue weighted by atomic mass is 32.2. The first-order valence-electron chi connectivity index (χ1n) is 17.3. The Morgan fingerprint density at radius 1 is 1.15 bits per heavy atom. The molecule has 1 saturated heterocycles. The topological polar surface area (TPSA) is 181 Å². The van der Waals surface area contributed by atoms with Crippen molar-refractivity contribution in [2.24, 2.45) is 11.3 Å². The van der Waals surface area contributed by atoms with Gasteiger partial charge in [0, 0.05) is 24.3 Å². The highest BCUT2D eigenvalue weighted by Gasteiger charge is 2.62. The second-order valence-corrected chi connectivity index (χ2v) is 17.1. The standard InChI is InChI=1S/C35H42F3N5O9S/c1-4-22-14-34(22,30(46)41-53(49,50)24-10-11-24)40-28(44)27-13-23-17-43(27)29(45)26(15-35(36,37)38)39-31(47)51-19-33(2,3)12-6-9-20-7-5-8-21-16-42(18-25(20)21)32(48)52-23/h4-9,22-24,26-27H,1,10-19H2,2-3H3,(H,39,47)(H,40,44)(H,41,46)/b9-6+/t22-,23-,26+,27+,34-/m1/s1. The summed E-state index contributed by atoms with van der Waals surface area (Å²) in [5.41, 5.74) is 0.197. The van der Waals surface area contributed by atoms with Gasteiger partial charge in [0.25, 0.3) is 5.91 Å². The molecule has 5 atom stereocenters. The van der Waals surface area contributed by atoms with E-state index in [2.05, 4.69) is 11.9 Å². The van der Waals surface area contributed by atoms with E-state index in [1.165, 1.54) is 11.0 Å². The van der Waals surface area contributed by atoms with Crippen LogP contribution in [0.2, 0.25) is 0 Å². The van der Waals surface area contributed by atoms with Crippen LogP contribution in [0.4, 0.5) is 22.8 Å². The predicted octanol–water partition coefficient (Wildman–Crippen LogP) is 3.27. The summed E-state index contributed by atoms with van der Waals surface area (Å²) in [4.78, 5) is 69.9. The van der Waals surface area contributed by atoms with Gasteiger partial charge in [-0.15, -0.1) is 6.58 Å². The maximum absolute atomic E-state index is 14.0. The highest BCUT2D eigenvalue weighted by molar-refractivity contribution is 7.91. The summed E-state index contributed by atoms with van der Waals surface area (Å²) in [5.74, 6) is -4.01. The second kappa shape index (κ2) is 14.0. The lowest BCUT2D eigenvalue weighted by molar-refractivity contribution is -0.156. The minimum atomic E-state index is -4.94. The summed E-state index contributed by atoms with van der Waals surface area (Å²) in [5, 5.41) is 3.79. The summed E-state index contributed by atoms with van der Waals surface area (Å²) in [6.07, 6.45) is -4.14. The smallest absolute Gasteiger partial charge is 0.410 e. The van der Waals surface area contributed by atoms with Crippen molar-refractivity contribution in [1.82, 2.24) is 25.2 Å². The predicted molar refractivity (Wildman–Crippen MR) is 182 cm³/mol. The van der Waals surface area contributed by atoms with Gasteiger partial charge in [0.05, 0.1) is 31.4 Å². The number of fused-ring (bicyclic) bond motifs is 3. The van der Waals surface area contributed by atoms with Crippen LogP contribution in [-0.2, 0) is 47.0 Å². The van der Waals surface area contributed by atoms with Gasteiger partial charge >= 0.3 is 18.4 Å². The number of alkyl halides is 3. The van der Waals surface area contributed by atoms with Crippen LogP contribution in [0.3, 0.4) is 0 Å². The first-order valence-corrected chi connectivity index (χ1v) is 18.9. The largest absolute Gasteiger partial charge is 0.449 e. The quantitative estimate of drug-likeness (QED) is 0.351. The number of sulfonamides is 1. The molecule has 0 radical (unpaired) electrons. The number of rotatable bonds is 7. The lowest BCUT2D eigenvalue weighted by Gasteiger charge is -2.30. The maximum atomic E-state index is 14.0. The van der Waals surface area contributed by atoms with Crippen LogP contribution in [0.25, 0.3) is 6.08 Å². The zero-order chi connectivity index (χ0) is 38.5. The van der Waals surface area contributed by atoms with Gasteiger partial charge in [0.1, 0.15) is 23.7 Å². The molecule has 4 bridgehead atoms. The number of ether oxygens (including phenoxy) is 2. The molecule has 14 nitrogen and oxygen atoms in total. The molecule has 3 fully saturated rings. The molecule has 5 aliphatic rings. The van der Waals surface area contributed by atoms with E-state index in [1.807, 2.05) is 40.4 Å². The molecule has 3 aliphatic heterocycles. The SMILES string of the molecule is C=C[C@@H]1C[C@]1(NC(=O)[C@@H]1C[C@@H]2CN1C(=O)[C@H](CC(F)(F)F)NC(=O)OCC(C)(C)C/C=C/c1cccc3c1CN(C3)C(=O)O2)C(=O)NS(=O)(=O)C1CC1. The first kappa shape index (κ1) is 38.1. The number of alkyl carbamates (subject to hydrolysis) is 1. The van der Waals surface area contributed by atoms with Crippen molar-refractivity contribution in [3.05, 3.63) is 53.6 Å². The molecule has 2 saturated carbocycles. The van der Waals surface area contributed by atoms with Gasteiger partial charge in [-0.3, -0.25) is 24.0 Å². The number of carbonyl (C=O) groups is 5. The number of carbonyl (C=O) groups excluding carboxylic acids is 5. The molecule has 0 aromatic heterocycles. The lowest BCUT2D eigenvalue weighted by atomic mass is 9.90. The first-order chi connectivity index (χ1) is 24.8. The fourth-order valence-corrected chi connectivity index (χ4v) is 8.35. The molecule has 53 heavy (non-hydrogen) atoms. The molecule has 2 aliphatic carbocycles. The number of halogens is 3. The molecule has 0 unspecified atom stereocenters. The third kappa shape index (κ3) is 8.47. The molecule has 18 heteroatoms. The van der Waals surface area contributed by atoms with Crippen molar-refractivity contribution in [3.63, 3.8) is 0 Å². The van der Waals surface area contributed by atoms with Crippen molar-refractivity contribution in [3.8, 4) is 0 Å². The van der Waals surface area contributed by atoms with Crippen molar-refractivity contribution in [1.29, 1.82) is 0 Å². The van der Waals surface area contributed by atoms with E-state index in [0.29, 0.717) is 19.3 Å². The second-order valence-electron chi connectivity index (χ2n) is 15.1. The van der Waals surface area contributed by atoms with Crippen LogP contribution in [0.1, 0.15) is 69.1 Å². The number of nitrogens with zero attached hydrogens (tertiary/aromatic N) is 2. The molecule has 3 heterocycles. The summed E-state index contributed by atoms with van der Waals surface area (Å²) in [7, 11) is -4.02. The maximum Gasteiger partial charge on any atom is 0.410 e. The van der Waals surface area contributed by atoms with Crippen molar-refractivity contribution < 1.29 is 55.0 Å². The highest BCUT2D eigenvalue weighted by Crippen LogP contribution is 2.45. The molecule has 6 rings (SSSR count). The minimum absolute atomic E-state index is 0.0273. The number of allylic oxidation sites excluding steroid dienone is 1. The molecule has 1 aromatic carbocycles. The van der Waals surface area contributed by atoms with Crippen LogP contribution >= 0.6 is 0 Å². The van der Waals surface area contributed by atoms with Crippen LogP contribution in [0.15, 0.2) is 36.9 Å². The Bertz CT molecular complexity index is 1850. The molecule has 5 amide bonds. The zero-order valence-corrected chi connectivity index (χ0v) is 30.1. The van der Waals surface area contributed by atoms with Crippen LogP contribution in [0, 0.1) is 11.3 Å². The van der Waals surface area contributed by atoms with E-state index in [-0.39, 0.29) is 32.5 Å². The molecular weight excluding hydrogens is 723 g/mol. The fraction of sp³-hybridized carbons (Fsp3) is 0.571. The molecule has 3 N–H and O–H groups in total. The lowest BCUT2D eigenvalue weighted by Crippen LogP contribution is -2.58. The molecule has 1 aromatic rings. The minimum Gasteiger partial charge on any atom is -0.449 e. The van der Waals surface area contributed by atoms with Gasteiger partial charge in [-0.05, 0) is 42.4 Å². The van der Waals surface area contributed by atoms with Gasteiger partial charge < -0.3 is 25.0 Å². The van der Waals surface area contributed by atoms with E-state index in [4.69, 9.17) is 9.47 Å². The number of nitrogens with one attached hydrogen (secondary N) is 3. The average Bonchev–Trinajstić information content (AvgIpc) is 3.96. The van der Waals surface area contributed by atoms with E-state index >= 15 is 0 Å². The van der Waals surface area contributed by atoms with Crippen molar-refractivity contribution in [2.45, 2.75) is 101 Å². The van der Waals surface area contributed by atoms with E-state index in [0.717, 1.165) is 21.6 Å². The van der Waals surface area contributed by atoms with Crippen LogP contribution in [-0.4, -0.2) is 96.4 Å². The normalized spacial score (nSPS) is 29.4. The van der Waals surface area contributed by atoms with E-state index < -0.39 is 99.4 Å². The van der Waals surface area contributed by atoms with Crippen molar-refractivity contribution >= 4 is 46.0 Å². The number of cyclic esters (lactones) is 1. The number of hydrogen-bond acceptors (Lipinski definition) is 9. The Balaban J connectivity index is 1.30. The Labute approximate surface area is 304 Å². The summed E-state index contributed by atoms with van der Waals surface area (Å²) >= 11 is 0. The average molecular weight is 766 g/mol. The number of amides is 5. The summed E-state index contributed by atoms with van der Waals surface area (Å²) < 4.78 is 79.8. The van der Waals surface area contributed by atoms with Crippen LogP contribution in [0.5, 0.6) is 0 Å². The van der Waals surface area contributed by atoms with Crippen LogP contribution < -0.4 is 15.4 Å². The molecular formula is C35H42F3N5O9S. The third-order valence-corrected chi connectivity index (χ3v) is 12.0. The summed E-state index contributed by atoms with van der Waals surface area (Å²) in [6, 6.07) is 1.80. The third-order valence-electron chi connectivity index (χ3n) is 10.2.